The second-order valence-electron chi connectivity index (χ2n) is 10.6. The number of hydrogen-bond acceptors (Lipinski definition) is 9. The van der Waals surface area contributed by atoms with Crippen LogP contribution >= 0.6 is 0 Å². The summed E-state index contributed by atoms with van der Waals surface area (Å²) in [7, 11) is 0. The molecule has 0 aliphatic rings. The first-order chi connectivity index (χ1) is 20.1. The summed E-state index contributed by atoms with van der Waals surface area (Å²) in [5, 5.41) is 10.8. The molecular formula is C28H57N9O5. The fourth-order valence-electron chi connectivity index (χ4n) is 4.35. The van der Waals surface area contributed by atoms with Crippen LogP contribution in [0.5, 0.6) is 0 Å². The third kappa shape index (κ3) is 17.9. The van der Waals surface area contributed by atoms with Gasteiger partial charge in [0.2, 0.25) is 29.5 Å². The molecule has 0 saturated carbocycles. The normalized spacial score (nSPS) is 13.8. The smallest absolute Gasteiger partial charge is 0.243 e. The third-order valence-corrected chi connectivity index (χ3v) is 6.87. The predicted octanol–water partition coefficient (Wildman–Crippen LogP) is -1.27. The van der Waals surface area contributed by atoms with E-state index in [2.05, 4.69) is 28.2 Å². The molecule has 0 aliphatic heterocycles. The molecule has 0 aromatic rings. The van der Waals surface area contributed by atoms with Gasteiger partial charge < -0.3 is 49.9 Å². The van der Waals surface area contributed by atoms with E-state index in [1.54, 1.807) is 0 Å². The van der Waals surface area contributed by atoms with Gasteiger partial charge in [-0.15, -0.1) is 0 Å². The van der Waals surface area contributed by atoms with Crippen LogP contribution in [0.3, 0.4) is 0 Å². The number of nitrogens with two attached hydrogens (primary N) is 5. The van der Waals surface area contributed by atoms with Crippen LogP contribution in [0.2, 0.25) is 0 Å². The van der Waals surface area contributed by atoms with Gasteiger partial charge in [0.05, 0.1) is 0 Å². The van der Waals surface area contributed by atoms with E-state index in [4.69, 9.17) is 28.7 Å². The maximum Gasteiger partial charge on any atom is 0.243 e. The molecule has 0 aliphatic carbocycles. The van der Waals surface area contributed by atoms with Gasteiger partial charge in [0.25, 0.3) is 0 Å². The van der Waals surface area contributed by atoms with Gasteiger partial charge in [0, 0.05) is 6.42 Å². The molecule has 0 aromatic carbocycles. The SMILES string of the molecule is CCCCCCCC(=O)N[C@@H](CCCN)C(=O)N[C@@H](CCCN)C(=O)N[C@@H](CCCN)C(=O)N[C@@H](CCCN)C(N)=O. The molecule has 0 unspecified atom stereocenters. The van der Waals surface area contributed by atoms with E-state index >= 15 is 0 Å². The van der Waals surface area contributed by atoms with Crippen LogP contribution < -0.4 is 49.9 Å². The molecule has 0 rings (SSSR count). The largest absolute Gasteiger partial charge is 0.368 e. The van der Waals surface area contributed by atoms with E-state index in [1.165, 1.54) is 0 Å². The Kier molecular flexibility index (Phi) is 23.1. The maximum absolute atomic E-state index is 13.3. The molecule has 0 spiro atoms. The Bertz CT molecular complexity index is 800. The Labute approximate surface area is 250 Å². The number of hydrogen-bond donors (Lipinski definition) is 9. The van der Waals surface area contributed by atoms with Gasteiger partial charge in [0.15, 0.2) is 0 Å². The minimum absolute atomic E-state index is 0.210. The van der Waals surface area contributed by atoms with E-state index in [0.29, 0.717) is 51.6 Å². The van der Waals surface area contributed by atoms with E-state index in [0.717, 1.165) is 32.1 Å². The Morgan fingerprint density at radius 1 is 0.500 bits per heavy atom. The van der Waals surface area contributed by atoms with Gasteiger partial charge in [-0.25, -0.2) is 0 Å². The van der Waals surface area contributed by atoms with Crippen LogP contribution in [-0.2, 0) is 24.0 Å². The van der Waals surface area contributed by atoms with Crippen molar-refractivity contribution in [2.75, 3.05) is 26.2 Å². The summed E-state index contributed by atoms with van der Waals surface area (Å²) in [6.07, 6.45) is 8.08. The zero-order valence-corrected chi connectivity index (χ0v) is 25.5. The molecule has 42 heavy (non-hydrogen) atoms. The van der Waals surface area contributed by atoms with Crippen molar-refractivity contribution in [3.63, 3.8) is 0 Å². The quantitative estimate of drug-likeness (QED) is 0.0536. The first-order valence-corrected chi connectivity index (χ1v) is 15.4. The topological polar surface area (TPSA) is 264 Å². The number of carbonyl (C=O) groups is 5. The van der Waals surface area contributed by atoms with Crippen molar-refractivity contribution in [1.82, 2.24) is 21.3 Å². The lowest BCUT2D eigenvalue weighted by Crippen LogP contribution is -2.58. The average Bonchev–Trinajstić information content (AvgIpc) is 2.96. The number of rotatable bonds is 26. The predicted molar refractivity (Wildman–Crippen MR) is 163 cm³/mol. The van der Waals surface area contributed by atoms with Gasteiger partial charge in [-0.1, -0.05) is 32.6 Å². The first-order valence-electron chi connectivity index (χ1n) is 15.4. The Morgan fingerprint density at radius 3 is 1.24 bits per heavy atom. The maximum atomic E-state index is 13.3. The summed E-state index contributed by atoms with van der Waals surface area (Å²) in [6.45, 7) is 3.34. The zero-order chi connectivity index (χ0) is 31.8. The second kappa shape index (κ2) is 24.8. The summed E-state index contributed by atoms with van der Waals surface area (Å²) < 4.78 is 0. The van der Waals surface area contributed by atoms with Crippen LogP contribution in [0.15, 0.2) is 0 Å². The summed E-state index contributed by atoms with van der Waals surface area (Å²) in [4.78, 5) is 64.0. The molecule has 244 valence electrons. The fraction of sp³-hybridized carbons (Fsp3) is 0.821. The van der Waals surface area contributed by atoms with Crippen LogP contribution in [0.4, 0.5) is 0 Å². The van der Waals surface area contributed by atoms with E-state index < -0.39 is 47.8 Å². The van der Waals surface area contributed by atoms with Crippen LogP contribution in [-0.4, -0.2) is 79.9 Å². The number of amides is 5. The van der Waals surface area contributed by atoms with Crippen molar-refractivity contribution in [3.05, 3.63) is 0 Å². The van der Waals surface area contributed by atoms with Crippen molar-refractivity contribution >= 4 is 29.5 Å². The van der Waals surface area contributed by atoms with E-state index in [9.17, 15) is 24.0 Å². The van der Waals surface area contributed by atoms with Crippen molar-refractivity contribution in [3.8, 4) is 0 Å². The van der Waals surface area contributed by atoms with Gasteiger partial charge >= 0.3 is 0 Å². The molecule has 0 bridgehead atoms. The minimum Gasteiger partial charge on any atom is -0.368 e. The van der Waals surface area contributed by atoms with Crippen LogP contribution in [0, 0.1) is 0 Å². The molecule has 0 aromatic heterocycles. The summed E-state index contributed by atoms with van der Waals surface area (Å²) in [5.74, 6) is -2.64. The standard InChI is InChI=1S/C28H57N9O5/c1-2-3-4-5-6-15-24(38)34-21(12-8-17-30)26(40)36-23(14-10-19-32)28(42)37-22(13-9-18-31)27(41)35-20(25(33)39)11-7-16-29/h20-23H,2-19,29-32H2,1H3,(H2,33,39)(H,34,38)(H,35,41)(H,36,40)(H,37,42)/t20-,21-,22-,23-/m0/s1. The highest BCUT2D eigenvalue weighted by Gasteiger charge is 2.30. The minimum atomic E-state index is -1.02. The fourth-order valence-corrected chi connectivity index (χ4v) is 4.35. The summed E-state index contributed by atoms with van der Waals surface area (Å²) in [6, 6.07) is -3.83. The highest BCUT2D eigenvalue weighted by molar-refractivity contribution is 5.95. The van der Waals surface area contributed by atoms with Crippen molar-refractivity contribution < 1.29 is 24.0 Å². The molecule has 0 saturated heterocycles. The molecule has 4 atom stereocenters. The number of primary amides is 1. The third-order valence-electron chi connectivity index (χ3n) is 6.87. The highest BCUT2D eigenvalue weighted by atomic mass is 16.2. The van der Waals surface area contributed by atoms with Crippen LogP contribution in [0.1, 0.15) is 96.8 Å². The average molecular weight is 600 g/mol. The lowest BCUT2D eigenvalue weighted by Gasteiger charge is -2.26. The van der Waals surface area contributed by atoms with E-state index in [-0.39, 0.29) is 38.3 Å². The Balaban J connectivity index is 5.54. The molecule has 14 nitrogen and oxygen atoms in total. The molecule has 14 N–H and O–H groups in total. The van der Waals surface area contributed by atoms with Crippen molar-refractivity contribution in [1.29, 1.82) is 0 Å². The monoisotopic (exact) mass is 599 g/mol. The Morgan fingerprint density at radius 2 is 0.857 bits per heavy atom. The second-order valence-corrected chi connectivity index (χ2v) is 10.6. The molecule has 0 heterocycles. The molecule has 0 radical (unpaired) electrons. The van der Waals surface area contributed by atoms with Gasteiger partial charge in [-0.3, -0.25) is 24.0 Å². The van der Waals surface area contributed by atoms with Crippen LogP contribution in [0.25, 0.3) is 0 Å². The van der Waals surface area contributed by atoms with Gasteiger partial charge in [-0.2, -0.15) is 0 Å². The number of carbonyl (C=O) groups excluding carboxylic acids is 5. The Hall–Kier alpha value is -2.81. The number of unbranched alkanes of at least 4 members (excludes halogenated alkanes) is 4. The zero-order valence-electron chi connectivity index (χ0n) is 25.5. The van der Waals surface area contributed by atoms with Crippen molar-refractivity contribution in [2.24, 2.45) is 28.7 Å². The lowest BCUT2D eigenvalue weighted by atomic mass is 10.0. The molecular weight excluding hydrogens is 542 g/mol. The van der Waals surface area contributed by atoms with E-state index in [1.807, 2.05) is 0 Å². The first kappa shape index (κ1) is 39.2. The molecule has 5 amide bonds. The van der Waals surface area contributed by atoms with Crippen molar-refractivity contribution in [2.45, 2.75) is 121 Å². The number of nitrogens with one attached hydrogen (secondary N) is 4. The van der Waals surface area contributed by atoms with Gasteiger partial charge in [-0.05, 0) is 84.0 Å². The van der Waals surface area contributed by atoms with Gasteiger partial charge in [0.1, 0.15) is 24.2 Å². The highest BCUT2D eigenvalue weighted by Crippen LogP contribution is 2.08. The summed E-state index contributed by atoms with van der Waals surface area (Å²) in [5.41, 5.74) is 27.9. The molecule has 0 fully saturated rings. The summed E-state index contributed by atoms with van der Waals surface area (Å²) >= 11 is 0. The molecule has 14 heteroatoms. The lowest BCUT2D eigenvalue weighted by molar-refractivity contribution is -0.134.